The van der Waals surface area contributed by atoms with E-state index < -0.39 is 0 Å². The Morgan fingerprint density at radius 3 is 2.90 bits per heavy atom. The maximum absolute atomic E-state index is 5.73. The Balaban J connectivity index is 1.92. The van der Waals surface area contributed by atoms with E-state index in [0.717, 1.165) is 35.9 Å². The molecular formula is C15H23N3O2. The predicted molar refractivity (Wildman–Crippen MR) is 77.7 cm³/mol. The van der Waals surface area contributed by atoms with Gasteiger partial charge in [0.05, 0.1) is 18.9 Å². The SMILES string of the molecule is CCn1cc(OCc2cc(CNC(C)C)oc2C)cn1. The van der Waals surface area contributed by atoms with Gasteiger partial charge in [0.15, 0.2) is 5.75 Å². The van der Waals surface area contributed by atoms with Crippen LogP contribution >= 0.6 is 0 Å². The maximum Gasteiger partial charge on any atom is 0.157 e. The van der Waals surface area contributed by atoms with Crippen LogP contribution in [-0.2, 0) is 19.7 Å². The second-order valence-corrected chi connectivity index (χ2v) is 5.15. The van der Waals surface area contributed by atoms with Crippen molar-refractivity contribution in [3.8, 4) is 5.75 Å². The number of hydrogen-bond acceptors (Lipinski definition) is 4. The number of aryl methyl sites for hydroxylation is 2. The van der Waals surface area contributed by atoms with Crippen LogP contribution in [0.5, 0.6) is 5.75 Å². The first-order valence-corrected chi connectivity index (χ1v) is 7.05. The lowest BCUT2D eigenvalue weighted by molar-refractivity contribution is 0.302. The number of rotatable bonds is 7. The van der Waals surface area contributed by atoms with Crippen LogP contribution in [0.3, 0.4) is 0 Å². The maximum atomic E-state index is 5.73. The zero-order valence-corrected chi connectivity index (χ0v) is 12.6. The molecule has 20 heavy (non-hydrogen) atoms. The zero-order chi connectivity index (χ0) is 14.5. The van der Waals surface area contributed by atoms with E-state index in [2.05, 4.69) is 30.3 Å². The van der Waals surface area contributed by atoms with Crippen molar-refractivity contribution in [3.05, 3.63) is 35.5 Å². The predicted octanol–water partition coefficient (Wildman–Crippen LogP) is 2.88. The molecule has 2 rings (SSSR count). The lowest BCUT2D eigenvalue weighted by Gasteiger charge is -2.04. The summed E-state index contributed by atoms with van der Waals surface area (Å²) in [5.41, 5.74) is 1.08. The van der Waals surface area contributed by atoms with Gasteiger partial charge in [-0.05, 0) is 19.9 Å². The fourth-order valence-corrected chi connectivity index (χ4v) is 1.88. The molecule has 0 atom stereocenters. The van der Waals surface area contributed by atoms with E-state index in [0.29, 0.717) is 12.6 Å². The van der Waals surface area contributed by atoms with Crippen molar-refractivity contribution in [2.75, 3.05) is 0 Å². The molecule has 2 aromatic rings. The second-order valence-electron chi connectivity index (χ2n) is 5.15. The molecule has 0 aliphatic rings. The molecule has 0 radical (unpaired) electrons. The summed E-state index contributed by atoms with van der Waals surface area (Å²) in [5, 5.41) is 7.52. The average molecular weight is 277 g/mol. The Kier molecular flexibility index (Phi) is 4.84. The van der Waals surface area contributed by atoms with E-state index in [-0.39, 0.29) is 0 Å². The average Bonchev–Trinajstić information content (AvgIpc) is 3.00. The number of ether oxygens (including phenoxy) is 1. The molecule has 5 heteroatoms. The summed E-state index contributed by atoms with van der Waals surface area (Å²) in [6.07, 6.45) is 3.64. The van der Waals surface area contributed by atoms with Gasteiger partial charge in [-0.1, -0.05) is 13.8 Å². The van der Waals surface area contributed by atoms with Gasteiger partial charge in [-0.25, -0.2) is 0 Å². The van der Waals surface area contributed by atoms with Gasteiger partial charge >= 0.3 is 0 Å². The Morgan fingerprint density at radius 1 is 1.45 bits per heavy atom. The number of furan rings is 1. The van der Waals surface area contributed by atoms with Gasteiger partial charge in [0.25, 0.3) is 0 Å². The first-order chi connectivity index (χ1) is 9.58. The molecule has 110 valence electrons. The van der Waals surface area contributed by atoms with Crippen molar-refractivity contribution in [2.45, 2.75) is 53.4 Å². The van der Waals surface area contributed by atoms with E-state index in [9.17, 15) is 0 Å². The molecular weight excluding hydrogens is 254 g/mol. The topological polar surface area (TPSA) is 52.2 Å². The highest BCUT2D eigenvalue weighted by atomic mass is 16.5. The minimum absolute atomic E-state index is 0.444. The summed E-state index contributed by atoms with van der Waals surface area (Å²) in [7, 11) is 0. The molecule has 0 amide bonds. The molecule has 2 aromatic heterocycles. The number of nitrogens with zero attached hydrogens (tertiary/aromatic N) is 2. The molecule has 5 nitrogen and oxygen atoms in total. The second kappa shape index (κ2) is 6.61. The van der Waals surface area contributed by atoms with Gasteiger partial charge in [0, 0.05) is 18.2 Å². The van der Waals surface area contributed by atoms with Gasteiger partial charge < -0.3 is 14.5 Å². The lowest BCUT2D eigenvalue weighted by atomic mass is 10.2. The van der Waals surface area contributed by atoms with Crippen molar-refractivity contribution in [1.29, 1.82) is 0 Å². The number of hydrogen-bond donors (Lipinski definition) is 1. The zero-order valence-electron chi connectivity index (χ0n) is 12.6. The van der Waals surface area contributed by atoms with Crippen LogP contribution in [-0.4, -0.2) is 15.8 Å². The first kappa shape index (κ1) is 14.7. The Hall–Kier alpha value is -1.75. The monoisotopic (exact) mass is 277 g/mol. The van der Waals surface area contributed by atoms with Crippen molar-refractivity contribution >= 4 is 0 Å². The van der Waals surface area contributed by atoms with Crippen LogP contribution in [0, 0.1) is 6.92 Å². The van der Waals surface area contributed by atoms with Gasteiger partial charge in [0.2, 0.25) is 0 Å². The molecule has 0 spiro atoms. The Bertz CT molecular complexity index is 543. The molecule has 0 saturated carbocycles. The molecule has 0 aromatic carbocycles. The van der Waals surface area contributed by atoms with Crippen LogP contribution in [0.2, 0.25) is 0 Å². The van der Waals surface area contributed by atoms with Gasteiger partial charge in [-0.3, -0.25) is 4.68 Å². The molecule has 0 bridgehead atoms. The van der Waals surface area contributed by atoms with Crippen molar-refractivity contribution in [3.63, 3.8) is 0 Å². The lowest BCUT2D eigenvalue weighted by Crippen LogP contribution is -2.21. The fraction of sp³-hybridized carbons (Fsp3) is 0.533. The normalized spacial score (nSPS) is 11.2. The highest BCUT2D eigenvalue weighted by Gasteiger charge is 2.09. The highest BCUT2D eigenvalue weighted by Crippen LogP contribution is 2.18. The molecule has 1 N–H and O–H groups in total. The largest absolute Gasteiger partial charge is 0.485 e. The third kappa shape index (κ3) is 3.87. The van der Waals surface area contributed by atoms with Crippen LogP contribution < -0.4 is 10.1 Å². The van der Waals surface area contributed by atoms with Crippen LogP contribution in [0.4, 0.5) is 0 Å². The Labute approximate surface area is 119 Å². The fourth-order valence-electron chi connectivity index (χ4n) is 1.88. The van der Waals surface area contributed by atoms with E-state index >= 15 is 0 Å². The van der Waals surface area contributed by atoms with E-state index in [1.165, 1.54) is 0 Å². The summed E-state index contributed by atoms with van der Waals surface area (Å²) in [4.78, 5) is 0. The van der Waals surface area contributed by atoms with Crippen LogP contribution in [0.15, 0.2) is 22.9 Å². The van der Waals surface area contributed by atoms with Crippen molar-refractivity contribution in [2.24, 2.45) is 0 Å². The van der Waals surface area contributed by atoms with Crippen LogP contribution in [0.25, 0.3) is 0 Å². The highest BCUT2D eigenvalue weighted by molar-refractivity contribution is 5.21. The molecule has 2 heterocycles. The van der Waals surface area contributed by atoms with Gasteiger partial charge in [0.1, 0.15) is 18.1 Å². The smallest absolute Gasteiger partial charge is 0.157 e. The van der Waals surface area contributed by atoms with Crippen molar-refractivity contribution in [1.82, 2.24) is 15.1 Å². The van der Waals surface area contributed by atoms with E-state index in [1.54, 1.807) is 6.20 Å². The van der Waals surface area contributed by atoms with Crippen LogP contribution in [0.1, 0.15) is 37.9 Å². The quantitative estimate of drug-likeness (QED) is 0.845. The van der Waals surface area contributed by atoms with E-state index in [4.69, 9.17) is 9.15 Å². The number of nitrogens with one attached hydrogen (secondary N) is 1. The summed E-state index contributed by atoms with van der Waals surface area (Å²) < 4.78 is 13.3. The molecule has 0 fully saturated rings. The minimum atomic E-state index is 0.444. The van der Waals surface area contributed by atoms with Gasteiger partial charge in [-0.15, -0.1) is 0 Å². The minimum Gasteiger partial charge on any atom is -0.485 e. The summed E-state index contributed by atoms with van der Waals surface area (Å²) in [6.45, 7) is 10.3. The standard InChI is InChI=1S/C15H23N3O2/c1-5-18-9-15(8-17-18)19-10-13-6-14(20-12(13)4)7-16-11(2)3/h6,8-9,11,16H,5,7,10H2,1-4H3. The summed E-state index contributed by atoms with van der Waals surface area (Å²) >= 11 is 0. The molecule has 0 saturated heterocycles. The van der Waals surface area contributed by atoms with Gasteiger partial charge in [-0.2, -0.15) is 5.10 Å². The molecule has 0 aliphatic carbocycles. The molecule has 0 aliphatic heterocycles. The third-order valence-electron chi connectivity index (χ3n) is 3.08. The molecule has 0 unspecified atom stereocenters. The third-order valence-corrected chi connectivity index (χ3v) is 3.08. The summed E-state index contributed by atoms with van der Waals surface area (Å²) in [6, 6.07) is 2.49. The Morgan fingerprint density at radius 2 is 2.25 bits per heavy atom. The first-order valence-electron chi connectivity index (χ1n) is 7.05. The number of aromatic nitrogens is 2. The van der Waals surface area contributed by atoms with Crippen molar-refractivity contribution < 1.29 is 9.15 Å². The van der Waals surface area contributed by atoms with E-state index in [1.807, 2.05) is 24.7 Å². The summed E-state index contributed by atoms with van der Waals surface area (Å²) in [5.74, 6) is 2.64.